The van der Waals surface area contributed by atoms with Gasteiger partial charge in [-0.25, -0.2) is 9.78 Å². The van der Waals surface area contributed by atoms with E-state index in [9.17, 15) is 4.79 Å². The first-order valence-electron chi connectivity index (χ1n) is 4.77. The Hall–Kier alpha value is -1.03. The van der Waals surface area contributed by atoms with Crippen molar-refractivity contribution in [2.75, 3.05) is 0 Å². The molecule has 4 nitrogen and oxygen atoms in total. The smallest absolute Gasteiger partial charge is 0.356 e. The Morgan fingerprint density at radius 2 is 2.27 bits per heavy atom. The molecule has 1 aromatic rings. The lowest BCUT2D eigenvalue weighted by Crippen LogP contribution is -2.25. The van der Waals surface area contributed by atoms with Crippen LogP contribution in [0.2, 0.25) is 0 Å². The molecule has 1 aliphatic heterocycles. The molecule has 0 bridgehead atoms. The van der Waals surface area contributed by atoms with E-state index in [1.54, 1.807) is 6.20 Å². The van der Waals surface area contributed by atoms with Gasteiger partial charge in [-0.05, 0) is 11.8 Å². The lowest BCUT2D eigenvalue weighted by Gasteiger charge is -2.29. The van der Waals surface area contributed by atoms with Gasteiger partial charge in [-0.2, -0.15) is 0 Å². The van der Waals surface area contributed by atoms with Crippen molar-refractivity contribution in [2.24, 2.45) is 5.41 Å². The van der Waals surface area contributed by atoms with Crippen molar-refractivity contribution in [3.8, 4) is 0 Å². The average Bonchev–Trinajstić information content (AvgIpc) is 2.45. The number of carbonyl (C=O) groups is 1. The fourth-order valence-electron chi connectivity index (χ4n) is 1.83. The Morgan fingerprint density at radius 1 is 1.60 bits per heavy atom. The zero-order chi connectivity index (χ0) is 10.3. The number of carboxylic acid groups (broad SMARTS) is 1. The number of aryl methyl sites for hydroxylation is 1. The molecule has 0 saturated carbocycles. The van der Waals surface area contributed by atoms with E-state index in [1.807, 2.05) is 4.57 Å². The molecule has 0 amide bonds. The second-order valence-electron chi connectivity index (χ2n) is 4.63. The van der Waals surface area contributed by atoms with Crippen LogP contribution in [0.4, 0.5) is 0 Å². The van der Waals surface area contributed by atoms with E-state index in [0.29, 0.717) is 0 Å². The zero-order valence-corrected chi connectivity index (χ0v) is 9.67. The zero-order valence-electron chi connectivity index (χ0n) is 8.86. The van der Waals surface area contributed by atoms with E-state index < -0.39 is 5.97 Å². The van der Waals surface area contributed by atoms with Gasteiger partial charge in [-0.15, -0.1) is 12.4 Å². The van der Waals surface area contributed by atoms with Crippen molar-refractivity contribution < 1.29 is 9.90 Å². The number of halogens is 1. The molecule has 2 rings (SSSR count). The van der Waals surface area contributed by atoms with Gasteiger partial charge in [-0.1, -0.05) is 13.8 Å². The minimum Gasteiger partial charge on any atom is -0.476 e. The van der Waals surface area contributed by atoms with Crippen LogP contribution in [0.5, 0.6) is 0 Å². The second kappa shape index (κ2) is 3.85. The van der Waals surface area contributed by atoms with E-state index in [1.165, 1.54) is 0 Å². The quantitative estimate of drug-likeness (QED) is 0.803. The van der Waals surface area contributed by atoms with Gasteiger partial charge in [0.15, 0.2) is 5.69 Å². The number of carboxylic acids is 1. The molecular formula is C10H15ClN2O2. The molecule has 15 heavy (non-hydrogen) atoms. The molecule has 5 heteroatoms. The molecule has 0 fully saturated rings. The number of aromatic nitrogens is 2. The van der Waals surface area contributed by atoms with E-state index in [0.717, 1.165) is 25.2 Å². The summed E-state index contributed by atoms with van der Waals surface area (Å²) in [5, 5.41) is 8.79. The first kappa shape index (κ1) is 12.0. The van der Waals surface area contributed by atoms with Crippen molar-refractivity contribution in [2.45, 2.75) is 33.2 Å². The summed E-state index contributed by atoms with van der Waals surface area (Å²) < 4.78 is 1.95. The number of hydrogen-bond donors (Lipinski definition) is 1. The molecule has 1 aliphatic rings. The van der Waals surface area contributed by atoms with Crippen LogP contribution in [0.3, 0.4) is 0 Å². The highest BCUT2D eigenvalue weighted by molar-refractivity contribution is 5.85. The summed E-state index contributed by atoms with van der Waals surface area (Å²) >= 11 is 0. The van der Waals surface area contributed by atoms with Crippen LogP contribution in [0, 0.1) is 5.41 Å². The van der Waals surface area contributed by atoms with Crippen molar-refractivity contribution in [1.82, 2.24) is 9.55 Å². The molecule has 0 radical (unpaired) electrons. The van der Waals surface area contributed by atoms with E-state index in [4.69, 9.17) is 5.11 Å². The van der Waals surface area contributed by atoms with Gasteiger partial charge in [0.2, 0.25) is 0 Å². The van der Waals surface area contributed by atoms with Crippen molar-refractivity contribution in [3.63, 3.8) is 0 Å². The highest BCUT2D eigenvalue weighted by Gasteiger charge is 2.27. The van der Waals surface area contributed by atoms with Crippen LogP contribution in [0.25, 0.3) is 0 Å². The van der Waals surface area contributed by atoms with Gasteiger partial charge in [0.05, 0.1) is 0 Å². The van der Waals surface area contributed by atoms with Crippen LogP contribution in [0.1, 0.15) is 36.6 Å². The molecule has 1 N–H and O–H groups in total. The third kappa shape index (κ3) is 2.31. The number of fused-ring (bicyclic) bond motifs is 1. The minimum atomic E-state index is -0.940. The summed E-state index contributed by atoms with van der Waals surface area (Å²) in [4.78, 5) is 14.8. The Morgan fingerprint density at radius 3 is 2.87 bits per heavy atom. The summed E-state index contributed by atoms with van der Waals surface area (Å²) in [5.41, 5.74) is 0.412. The van der Waals surface area contributed by atoms with Crippen LogP contribution in [-0.2, 0) is 13.0 Å². The molecule has 0 aromatic carbocycles. The highest BCUT2D eigenvalue weighted by atomic mass is 35.5. The molecule has 0 spiro atoms. The third-order valence-electron chi connectivity index (χ3n) is 2.74. The largest absolute Gasteiger partial charge is 0.476 e. The third-order valence-corrected chi connectivity index (χ3v) is 2.74. The predicted octanol–water partition coefficient (Wildman–Crippen LogP) is 1.98. The SMILES string of the molecule is CC1(C)CCn2cc(C(=O)O)nc2C1.Cl. The van der Waals surface area contributed by atoms with Crippen LogP contribution in [-0.4, -0.2) is 20.6 Å². The number of aromatic carboxylic acids is 1. The molecular weight excluding hydrogens is 216 g/mol. The summed E-state index contributed by atoms with van der Waals surface area (Å²) in [5.74, 6) is -0.0386. The predicted molar refractivity (Wildman–Crippen MR) is 58.5 cm³/mol. The molecule has 0 unspecified atom stereocenters. The van der Waals surface area contributed by atoms with Crippen molar-refractivity contribution >= 4 is 18.4 Å². The van der Waals surface area contributed by atoms with Crippen LogP contribution in [0.15, 0.2) is 6.20 Å². The summed E-state index contributed by atoms with van der Waals surface area (Å²) in [6.45, 7) is 5.25. The Labute approximate surface area is 94.7 Å². The fraction of sp³-hybridized carbons (Fsp3) is 0.600. The molecule has 0 atom stereocenters. The Kier molecular flexibility index (Phi) is 3.09. The first-order valence-corrected chi connectivity index (χ1v) is 4.77. The normalized spacial score (nSPS) is 17.7. The average molecular weight is 231 g/mol. The van der Waals surface area contributed by atoms with Gasteiger partial charge in [0, 0.05) is 19.2 Å². The van der Waals surface area contributed by atoms with Gasteiger partial charge < -0.3 is 9.67 Å². The standard InChI is InChI=1S/C10H14N2O2.ClH/c1-10(2)3-4-12-6-7(9(13)14)11-8(12)5-10;/h6H,3-5H2,1-2H3,(H,13,14);1H. The van der Waals surface area contributed by atoms with Gasteiger partial charge in [-0.3, -0.25) is 0 Å². The maximum atomic E-state index is 10.7. The van der Waals surface area contributed by atoms with E-state index in [2.05, 4.69) is 18.8 Å². The fourth-order valence-corrected chi connectivity index (χ4v) is 1.83. The number of hydrogen-bond acceptors (Lipinski definition) is 2. The molecule has 1 aromatic heterocycles. The first-order chi connectivity index (χ1) is 6.48. The van der Waals surface area contributed by atoms with E-state index >= 15 is 0 Å². The maximum Gasteiger partial charge on any atom is 0.356 e. The number of imidazole rings is 1. The van der Waals surface area contributed by atoms with Crippen LogP contribution >= 0.6 is 12.4 Å². The number of nitrogens with zero attached hydrogens (tertiary/aromatic N) is 2. The minimum absolute atomic E-state index is 0. The van der Waals surface area contributed by atoms with Gasteiger partial charge in [0.1, 0.15) is 5.82 Å². The van der Waals surface area contributed by atoms with Gasteiger partial charge >= 0.3 is 5.97 Å². The lowest BCUT2D eigenvalue weighted by atomic mass is 9.83. The van der Waals surface area contributed by atoms with E-state index in [-0.39, 0.29) is 23.5 Å². The maximum absolute atomic E-state index is 10.7. The molecule has 84 valence electrons. The summed E-state index contributed by atoms with van der Waals surface area (Å²) in [6, 6.07) is 0. The highest BCUT2D eigenvalue weighted by Crippen LogP contribution is 2.30. The Bertz CT molecular complexity index is 385. The summed E-state index contributed by atoms with van der Waals surface area (Å²) in [6.07, 6.45) is 3.57. The second-order valence-corrected chi connectivity index (χ2v) is 4.63. The lowest BCUT2D eigenvalue weighted by molar-refractivity contribution is 0.0691. The topological polar surface area (TPSA) is 55.1 Å². The molecule has 0 saturated heterocycles. The van der Waals surface area contributed by atoms with Crippen molar-refractivity contribution in [1.29, 1.82) is 0 Å². The number of rotatable bonds is 1. The van der Waals surface area contributed by atoms with Crippen molar-refractivity contribution in [3.05, 3.63) is 17.7 Å². The monoisotopic (exact) mass is 230 g/mol. The summed E-state index contributed by atoms with van der Waals surface area (Å²) in [7, 11) is 0. The molecule has 0 aliphatic carbocycles. The van der Waals surface area contributed by atoms with Gasteiger partial charge in [0.25, 0.3) is 0 Å². The van der Waals surface area contributed by atoms with Crippen LogP contribution < -0.4 is 0 Å². The Balaban J connectivity index is 0.00000112. The molecule has 2 heterocycles.